The number of carbonyl (C=O) groups excluding carboxylic acids is 1. The first-order valence-corrected chi connectivity index (χ1v) is 12.3. The molecule has 1 aromatic heterocycles. The second-order valence-electron chi connectivity index (χ2n) is 7.89. The van der Waals surface area contributed by atoms with Crippen LogP contribution in [0.1, 0.15) is 29.7 Å². The van der Waals surface area contributed by atoms with Gasteiger partial charge in [0.05, 0.1) is 28.5 Å². The number of aromatic nitrogens is 1. The lowest BCUT2D eigenvalue weighted by molar-refractivity contribution is -0.138. The predicted molar refractivity (Wildman–Crippen MR) is 139 cm³/mol. The van der Waals surface area contributed by atoms with Crippen LogP contribution in [0.25, 0.3) is 11.8 Å². The van der Waals surface area contributed by atoms with Crippen molar-refractivity contribution in [2.45, 2.75) is 13.0 Å². The summed E-state index contributed by atoms with van der Waals surface area (Å²) in [6, 6.07) is 25.6. The van der Waals surface area contributed by atoms with Gasteiger partial charge in [0.25, 0.3) is 5.56 Å². The van der Waals surface area contributed by atoms with E-state index in [1.165, 1.54) is 11.3 Å². The van der Waals surface area contributed by atoms with Gasteiger partial charge in [0.1, 0.15) is 0 Å². The Hall–Kier alpha value is -3.74. The molecule has 3 aromatic carbocycles. The lowest BCUT2D eigenvalue weighted by Gasteiger charge is -2.25. The number of rotatable bonds is 5. The number of esters is 1. The lowest BCUT2D eigenvalue weighted by atomic mass is 9.93. The third-order valence-corrected chi connectivity index (χ3v) is 6.89. The first-order chi connectivity index (χ1) is 17.1. The van der Waals surface area contributed by atoms with E-state index in [2.05, 4.69) is 0 Å². The summed E-state index contributed by atoms with van der Waals surface area (Å²) in [5.74, 6) is -0.507. The number of hydrogen-bond donors (Lipinski definition) is 0. The van der Waals surface area contributed by atoms with Crippen LogP contribution >= 0.6 is 22.9 Å². The summed E-state index contributed by atoms with van der Waals surface area (Å²) in [7, 11) is 0. The summed E-state index contributed by atoms with van der Waals surface area (Å²) in [5.41, 5.74) is 3.03. The Morgan fingerprint density at radius 3 is 2.34 bits per heavy atom. The minimum absolute atomic E-state index is 0.205. The van der Waals surface area contributed by atoms with E-state index < -0.39 is 12.0 Å². The van der Waals surface area contributed by atoms with Gasteiger partial charge in [-0.15, -0.1) is 0 Å². The topological polar surface area (TPSA) is 60.7 Å². The highest BCUT2D eigenvalue weighted by Gasteiger charge is 2.35. The summed E-state index contributed by atoms with van der Waals surface area (Å²) in [6.45, 7) is 1.96. The van der Waals surface area contributed by atoms with Crippen LogP contribution in [-0.2, 0) is 9.53 Å². The molecule has 0 N–H and O–H groups in total. The van der Waals surface area contributed by atoms with Gasteiger partial charge in [0.15, 0.2) is 4.80 Å². The predicted octanol–water partition coefficient (Wildman–Crippen LogP) is 4.59. The molecule has 35 heavy (non-hydrogen) atoms. The molecule has 4 aromatic rings. The number of benzene rings is 3. The van der Waals surface area contributed by atoms with Gasteiger partial charge in [-0.25, -0.2) is 9.79 Å². The van der Waals surface area contributed by atoms with Gasteiger partial charge < -0.3 is 4.74 Å². The first kappa shape index (κ1) is 23.0. The molecule has 5 rings (SSSR count). The van der Waals surface area contributed by atoms with Crippen LogP contribution in [0.2, 0.25) is 5.02 Å². The summed E-state index contributed by atoms with van der Waals surface area (Å²) < 4.78 is 7.58. The van der Waals surface area contributed by atoms with Gasteiger partial charge in [-0.2, -0.15) is 0 Å². The third-order valence-electron chi connectivity index (χ3n) is 5.66. The van der Waals surface area contributed by atoms with Crippen molar-refractivity contribution in [2.75, 3.05) is 6.61 Å². The third kappa shape index (κ3) is 4.50. The highest BCUT2D eigenvalue weighted by Crippen LogP contribution is 2.35. The molecular formula is C28H21ClN2O3S. The molecule has 0 unspecified atom stereocenters. The molecule has 0 aliphatic carbocycles. The van der Waals surface area contributed by atoms with Crippen molar-refractivity contribution in [2.24, 2.45) is 4.99 Å². The van der Waals surface area contributed by atoms with E-state index in [-0.39, 0.29) is 12.2 Å². The molecule has 174 valence electrons. The van der Waals surface area contributed by atoms with Crippen LogP contribution in [0, 0.1) is 0 Å². The van der Waals surface area contributed by atoms with Crippen molar-refractivity contribution in [3.63, 3.8) is 0 Å². The van der Waals surface area contributed by atoms with Crippen LogP contribution in [0.5, 0.6) is 0 Å². The first-order valence-electron chi connectivity index (χ1n) is 11.2. The Morgan fingerprint density at radius 1 is 1.03 bits per heavy atom. The Labute approximate surface area is 210 Å². The van der Waals surface area contributed by atoms with Gasteiger partial charge >= 0.3 is 5.97 Å². The highest BCUT2D eigenvalue weighted by atomic mass is 35.5. The zero-order chi connectivity index (χ0) is 24.4. The normalized spacial score (nSPS) is 15.5. The van der Waals surface area contributed by atoms with Crippen LogP contribution in [0.3, 0.4) is 0 Å². The van der Waals surface area contributed by atoms with E-state index in [0.717, 1.165) is 16.7 Å². The minimum atomic E-state index is -0.712. The highest BCUT2D eigenvalue weighted by molar-refractivity contribution is 7.07. The van der Waals surface area contributed by atoms with Gasteiger partial charge in [0.2, 0.25) is 0 Å². The Balaban J connectivity index is 1.84. The van der Waals surface area contributed by atoms with Gasteiger partial charge in [-0.1, -0.05) is 95.7 Å². The zero-order valence-electron chi connectivity index (χ0n) is 18.9. The Kier molecular flexibility index (Phi) is 6.49. The average molecular weight is 501 g/mol. The van der Waals surface area contributed by atoms with Gasteiger partial charge in [-0.3, -0.25) is 9.36 Å². The fourth-order valence-corrected chi connectivity index (χ4v) is 5.23. The van der Waals surface area contributed by atoms with Crippen molar-refractivity contribution in [1.82, 2.24) is 4.57 Å². The SMILES string of the molecule is CCOC(=O)C1=C(c2ccccc2)N=c2s/c(=C\c3ccccc3)c(=O)n2[C@H]1c1ccc(Cl)cc1. The van der Waals surface area contributed by atoms with E-state index in [1.807, 2.05) is 78.9 Å². The second-order valence-corrected chi connectivity index (χ2v) is 9.34. The van der Waals surface area contributed by atoms with E-state index in [0.29, 0.717) is 25.6 Å². The number of halogens is 1. The average Bonchev–Trinajstić information content (AvgIpc) is 3.19. The van der Waals surface area contributed by atoms with E-state index in [9.17, 15) is 9.59 Å². The number of thiazole rings is 1. The summed E-state index contributed by atoms with van der Waals surface area (Å²) in [5, 5.41) is 0.565. The standard InChI is InChI=1S/C28H21ClN2O3S/c1-2-34-27(33)23-24(19-11-7-4-8-12-19)30-28-31(25(23)20-13-15-21(29)16-14-20)26(32)22(35-28)17-18-9-5-3-6-10-18/h3-17,25H,2H2,1H3/b22-17-/t25-/m0/s1. The van der Waals surface area contributed by atoms with Crippen molar-refractivity contribution in [3.05, 3.63) is 132 Å². The molecule has 7 heteroatoms. The lowest BCUT2D eigenvalue weighted by Crippen LogP contribution is -2.40. The molecule has 0 saturated heterocycles. The number of carbonyl (C=O) groups is 1. The van der Waals surface area contributed by atoms with Crippen molar-refractivity contribution in [3.8, 4) is 0 Å². The molecular weight excluding hydrogens is 480 g/mol. The maximum atomic E-state index is 13.7. The molecule has 0 fully saturated rings. The number of nitrogens with zero attached hydrogens (tertiary/aromatic N) is 2. The minimum Gasteiger partial charge on any atom is -0.463 e. The van der Waals surface area contributed by atoms with Crippen molar-refractivity contribution >= 4 is 40.7 Å². The van der Waals surface area contributed by atoms with E-state index in [1.54, 1.807) is 23.6 Å². The molecule has 0 bridgehead atoms. The molecule has 0 amide bonds. The van der Waals surface area contributed by atoms with E-state index >= 15 is 0 Å². The molecule has 2 heterocycles. The number of fused-ring (bicyclic) bond motifs is 1. The van der Waals surface area contributed by atoms with Crippen LogP contribution in [0.15, 0.2) is 100 Å². The van der Waals surface area contributed by atoms with Crippen LogP contribution < -0.4 is 14.9 Å². The summed E-state index contributed by atoms with van der Waals surface area (Å²) in [4.78, 5) is 32.4. The van der Waals surface area contributed by atoms with E-state index in [4.69, 9.17) is 21.3 Å². The fourth-order valence-electron chi connectivity index (χ4n) is 4.10. The maximum Gasteiger partial charge on any atom is 0.338 e. The summed E-state index contributed by atoms with van der Waals surface area (Å²) >= 11 is 7.46. The number of ether oxygens (including phenoxy) is 1. The Morgan fingerprint density at radius 2 is 1.69 bits per heavy atom. The largest absolute Gasteiger partial charge is 0.463 e. The maximum absolute atomic E-state index is 13.7. The van der Waals surface area contributed by atoms with Crippen LogP contribution in [0.4, 0.5) is 0 Å². The Bertz CT molecular complexity index is 1590. The molecule has 0 spiro atoms. The van der Waals surface area contributed by atoms with Gasteiger partial charge in [-0.05, 0) is 36.3 Å². The molecule has 1 aliphatic heterocycles. The molecule has 5 nitrogen and oxygen atoms in total. The molecule has 0 saturated carbocycles. The fraction of sp³-hybridized carbons (Fsp3) is 0.107. The zero-order valence-corrected chi connectivity index (χ0v) is 20.4. The number of hydrogen-bond acceptors (Lipinski definition) is 5. The quantitative estimate of drug-likeness (QED) is 0.377. The molecule has 0 radical (unpaired) electrons. The summed E-state index contributed by atoms with van der Waals surface area (Å²) in [6.07, 6.45) is 1.85. The smallest absolute Gasteiger partial charge is 0.338 e. The van der Waals surface area contributed by atoms with Crippen molar-refractivity contribution in [1.29, 1.82) is 0 Å². The van der Waals surface area contributed by atoms with Crippen LogP contribution in [-0.4, -0.2) is 17.1 Å². The van der Waals surface area contributed by atoms with Gasteiger partial charge in [0, 0.05) is 10.6 Å². The monoisotopic (exact) mass is 500 g/mol. The van der Waals surface area contributed by atoms with Crippen molar-refractivity contribution < 1.29 is 9.53 Å². The molecule has 1 aliphatic rings. The molecule has 1 atom stereocenters. The second kappa shape index (κ2) is 9.86.